The Balaban J connectivity index is 2.75. The number of hydrazine groups is 1. The molecule has 7 nitrogen and oxygen atoms in total. The molecule has 0 bridgehead atoms. The van der Waals surface area contributed by atoms with Gasteiger partial charge in [0, 0.05) is 20.6 Å². The van der Waals surface area contributed by atoms with E-state index in [0.29, 0.717) is 19.6 Å². The highest BCUT2D eigenvalue weighted by Crippen LogP contribution is 2.04. The topological polar surface area (TPSA) is 91.6 Å². The first-order chi connectivity index (χ1) is 9.47. The Morgan fingerprint density at radius 2 is 2.05 bits per heavy atom. The van der Waals surface area contributed by atoms with Gasteiger partial charge in [0.05, 0.1) is 12.2 Å². The van der Waals surface area contributed by atoms with E-state index in [1.165, 1.54) is 0 Å². The summed E-state index contributed by atoms with van der Waals surface area (Å²) in [5, 5.41) is 0. The summed E-state index contributed by atoms with van der Waals surface area (Å²) >= 11 is 0. The SMILES string of the molecule is CCN(CC(=O)N(C)C)Cc1cccc(C(=O)NN)n1. The van der Waals surface area contributed by atoms with Crippen LogP contribution in [0.1, 0.15) is 23.1 Å². The first-order valence-corrected chi connectivity index (χ1v) is 6.37. The maximum absolute atomic E-state index is 11.7. The maximum atomic E-state index is 11.7. The quantitative estimate of drug-likeness (QED) is 0.420. The predicted molar refractivity (Wildman–Crippen MR) is 75.5 cm³/mol. The average molecular weight is 279 g/mol. The Labute approximate surface area is 118 Å². The zero-order valence-electron chi connectivity index (χ0n) is 12.1. The fourth-order valence-electron chi connectivity index (χ4n) is 1.61. The summed E-state index contributed by atoms with van der Waals surface area (Å²) in [6, 6.07) is 5.15. The zero-order chi connectivity index (χ0) is 15.1. The molecule has 0 aliphatic rings. The first-order valence-electron chi connectivity index (χ1n) is 6.37. The molecule has 0 radical (unpaired) electrons. The van der Waals surface area contributed by atoms with Gasteiger partial charge in [-0.25, -0.2) is 10.8 Å². The van der Waals surface area contributed by atoms with Crippen LogP contribution in [0.15, 0.2) is 18.2 Å². The van der Waals surface area contributed by atoms with Gasteiger partial charge in [-0.15, -0.1) is 0 Å². The lowest BCUT2D eigenvalue weighted by Crippen LogP contribution is -2.36. The molecule has 0 unspecified atom stereocenters. The van der Waals surface area contributed by atoms with Crippen LogP contribution in [-0.4, -0.2) is 53.8 Å². The van der Waals surface area contributed by atoms with Crippen molar-refractivity contribution in [3.8, 4) is 0 Å². The summed E-state index contributed by atoms with van der Waals surface area (Å²) < 4.78 is 0. The number of amides is 2. The van der Waals surface area contributed by atoms with Crippen molar-refractivity contribution in [3.63, 3.8) is 0 Å². The number of likely N-dealkylation sites (N-methyl/N-ethyl adjacent to an activating group) is 2. The van der Waals surface area contributed by atoms with Gasteiger partial charge in [-0.2, -0.15) is 0 Å². The van der Waals surface area contributed by atoms with Gasteiger partial charge < -0.3 is 4.90 Å². The van der Waals surface area contributed by atoms with Crippen molar-refractivity contribution in [1.29, 1.82) is 0 Å². The third-order valence-electron chi connectivity index (χ3n) is 2.86. The smallest absolute Gasteiger partial charge is 0.283 e. The van der Waals surface area contributed by atoms with Crippen LogP contribution in [0.4, 0.5) is 0 Å². The molecule has 20 heavy (non-hydrogen) atoms. The van der Waals surface area contributed by atoms with E-state index in [4.69, 9.17) is 5.84 Å². The summed E-state index contributed by atoms with van der Waals surface area (Å²) in [6.45, 7) is 3.51. The number of carbonyl (C=O) groups is 2. The molecule has 0 saturated carbocycles. The summed E-state index contributed by atoms with van der Waals surface area (Å²) in [7, 11) is 3.45. The van der Waals surface area contributed by atoms with E-state index in [0.717, 1.165) is 5.69 Å². The number of pyridine rings is 1. The fraction of sp³-hybridized carbons (Fsp3) is 0.462. The van der Waals surface area contributed by atoms with Crippen LogP contribution in [0.5, 0.6) is 0 Å². The van der Waals surface area contributed by atoms with Crippen molar-refractivity contribution in [1.82, 2.24) is 20.2 Å². The molecule has 0 saturated heterocycles. The van der Waals surface area contributed by atoms with Crippen LogP contribution in [0, 0.1) is 0 Å². The number of hydrogen-bond donors (Lipinski definition) is 2. The Kier molecular flexibility index (Phi) is 6.08. The van der Waals surface area contributed by atoms with Gasteiger partial charge in [0.1, 0.15) is 5.69 Å². The minimum Gasteiger partial charge on any atom is -0.348 e. The van der Waals surface area contributed by atoms with Crippen molar-refractivity contribution in [3.05, 3.63) is 29.6 Å². The molecule has 1 aromatic heterocycles. The average Bonchev–Trinajstić information content (AvgIpc) is 2.45. The number of aromatic nitrogens is 1. The third kappa shape index (κ3) is 4.60. The van der Waals surface area contributed by atoms with Gasteiger partial charge >= 0.3 is 0 Å². The minimum atomic E-state index is -0.431. The van der Waals surface area contributed by atoms with Crippen molar-refractivity contribution in [2.24, 2.45) is 5.84 Å². The van der Waals surface area contributed by atoms with Crippen molar-refractivity contribution in [2.75, 3.05) is 27.2 Å². The third-order valence-corrected chi connectivity index (χ3v) is 2.86. The molecule has 7 heteroatoms. The van der Waals surface area contributed by atoms with E-state index in [1.54, 1.807) is 31.1 Å². The fourth-order valence-corrected chi connectivity index (χ4v) is 1.61. The van der Waals surface area contributed by atoms with Gasteiger partial charge in [0.2, 0.25) is 5.91 Å². The summed E-state index contributed by atoms with van der Waals surface area (Å²) in [4.78, 5) is 30.9. The van der Waals surface area contributed by atoms with E-state index < -0.39 is 5.91 Å². The Bertz CT molecular complexity index is 476. The van der Waals surface area contributed by atoms with Crippen molar-refractivity contribution >= 4 is 11.8 Å². The highest BCUT2D eigenvalue weighted by Gasteiger charge is 2.13. The number of rotatable bonds is 6. The van der Waals surface area contributed by atoms with Gasteiger partial charge in [0.25, 0.3) is 5.91 Å². The highest BCUT2D eigenvalue weighted by molar-refractivity contribution is 5.91. The van der Waals surface area contributed by atoms with E-state index in [-0.39, 0.29) is 11.6 Å². The molecule has 1 rings (SSSR count). The molecule has 0 atom stereocenters. The summed E-state index contributed by atoms with van der Waals surface area (Å²) in [5.41, 5.74) is 3.03. The minimum absolute atomic E-state index is 0.0303. The number of nitrogens with two attached hydrogens (primary N) is 1. The summed E-state index contributed by atoms with van der Waals surface area (Å²) in [6.07, 6.45) is 0. The second-order valence-corrected chi connectivity index (χ2v) is 4.58. The Hall–Kier alpha value is -1.99. The first kappa shape index (κ1) is 16.1. The maximum Gasteiger partial charge on any atom is 0.283 e. The van der Waals surface area contributed by atoms with Gasteiger partial charge in [-0.3, -0.25) is 19.9 Å². The molecule has 0 aromatic carbocycles. The number of nitrogens with one attached hydrogen (secondary N) is 1. The molecule has 2 amide bonds. The molecule has 0 spiro atoms. The van der Waals surface area contributed by atoms with E-state index in [9.17, 15) is 9.59 Å². The molecule has 0 aliphatic carbocycles. The molecule has 1 aromatic rings. The van der Waals surface area contributed by atoms with Crippen LogP contribution in [0.3, 0.4) is 0 Å². The van der Waals surface area contributed by atoms with Crippen LogP contribution in [-0.2, 0) is 11.3 Å². The number of nitrogens with zero attached hydrogens (tertiary/aromatic N) is 3. The second-order valence-electron chi connectivity index (χ2n) is 4.58. The lowest BCUT2D eigenvalue weighted by Gasteiger charge is -2.21. The van der Waals surface area contributed by atoms with Crippen molar-refractivity contribution < 1.29 is 9.59 Å². The van der Waals surface area contributed by atoms with Crippen LogP contribution in [0.25, 0.3) is 0 Å². The molecular formula is C13H21N5O2. The van der Waals surface area contributed by atoms with E-state index in [2.05, 4.69) is 4.98 Å². The number of nitrogen functional groups attached to an aromatic ring is 1. The molecule has 110 valence electrons. The second kappa shape index (κ2) is 7.56. The normalized spacial score (nSPS) is 10.4. The highest BCUT2D eigenvalue weighted by atomic mass is 16.2. The molecule has 1 heterocycles. The van der Waals surface area contributed by atoms with Crippen LogP contribution in [0.2, 0.25) is 0 Å². The monoisotopic (exact) mass is 279 g/mol. The Morgan fingerprint density at radius 3 is 2.60 bits per heavy atom. The van der Waals surface area contributed by atoms with Gasteiger partial charge in [-0.05, 0) is 18.7 Å². The standard InChI is InChI=1S/C13H21N5O2/c1-4-18(9-12(19)17(2)3)8-10-6-5-7-11(15-10)13(20)16-14/h5-7H,4,8-9,14H2,1-3H3,(H,16,20). The van der Waals surface area contributed by atoms with Crippen LogP contribution >= 0.6 is 0 Å². The van der Waals surface area contributed by atoms with Gasteiger partial charge in [0.15, 0.2) is 0 Å². The molecule has 0 aliphatic heterocycles. The predicted octanol–water partition coefficient (Wildman–Crippen LogP) is -0.405. The summed E-state index contributed by atoms with van der Waals surface area (Å²) in [5.74, 6) is 4.68. The zero-order valence-corrected chi connectivity index (χ0v) is 12.1. The molecule has 0 fully saturated rings. The van der Waals surface area contributed by atoms with Crippen molar-refractivity contribution in [2.45, 2.75) is 13.5 Å². The van der Waals surface area contributed by atoms with E-state index >= 15 is 0 Å². The molecular weight excluding hydrogens is 258 g/mol. The molecule has 3 N–H and O–H groups in total. The van der Waals surface area contributed by atoms with E-state index in [1.807, 2.05) is 23.3 Å². The largest absolute Gasteiger partial charge is 0.348 e. The lowest BCUT2D eigenvalue weighted by atomic mass is 10.2. The Morgan fingerprint density at radius 1 is 1.35 bits per heavy atom. The number of hydrogen-bond acceptors (Lipinski definition) is 5. The van der Waals surface area contributed by atoms with Gasteiger partial charge in [-0.1, -0.05) is 13.0 Å². The van der Waals surface area contributed by atoms with Crippen LogP contribution < -0.4 is 11.3 Å². The lowest BCUT2D eigenvalue weighted by molar-refractivity contribution is -0.130. The number of carbonyl (C=O) groups excluding carboxylic acids is 2.